The van der Waals surface area contributed by atoms with Crippen LogP contribution in [0.3, 0.4) is 0 Å². The van der Waals surface area contributed by atoms with E-state index in [1.54, 1.807) is 11.3 Å². The molecule has 1 aliphatic rings. The first-order valence-corrected chi connectivity index (χ1v) is 5.77. The Labute approximate surface area is 87.0 Å². The van der Waals surface area contributed by atoms with E-state index in [9.17, 15) is 0 Å². The SMILES string of the molecule is Cc1nc2ccc(NC3CC3)cc2s1. The smallest absolute Gasteiger partial charge is 0.0907 e. The van der Waals surface area contributed by atoms with Crippen LogP contribution in [0.4, 0.5) is 5.69 Å². The van der Waals surface area contributed by atoms with Crippen LogP contribution in [0.25, 0.3) is 10.2 Å². The largest absolute Gasteiger partial charge is 0.382 e. The van der Waals surface area contributed by atoms with E-state index >= 15 is 0 Å². The molecule has 0 bridgehead atoms. The van der Waals surface area contributed by atoms with Gasteiger partial charge in [0.05, 0.1) is 15.2 Å². The second kappa shape index (κ2) is 2.95. The van der Waals surface area contributed by atoms with Gasteiger partial charge in [0.15, 0.2) is 0 Å². The first-order chi connectivity index (χ1) is 6.81. The Hall–Kier alpha value is -1.09. The zero-order valence-electron chi connectivity index (χ0n) is 8.08. The van der Waals surface area contributed by atoms with Crippen LogP contribution in [0.2, 0.25) is 0 Å². The number of fused-ring (bicyclic) bond motifs is 1. The zero-order chi connectivity index (χ0) is 9.54. The van der Waals surface area contributed by atoms with Crippen LogP contribution in [0, 0.1) is 6.92 Å². The van der Waals surface area contributed by atoms with Gasteiger partial charge in [0.1, 0.15) is 0 Å². The molecule has 72 valence electrons. The fraction of sp³-hybridized carbons (Fsp3) is 0.364. The number of aryl methyl sites for hydroxylation is 1. The summed E-state index contributed by atoms with van der Waals surface area (Å²) in [6, 6.07) is 7.16. The molecule has 1 aromatic heterocycles. The van der Waals surface area contributed by atoms with Crippen molar-refractivity contribution in [3.63, 3.8) is 0 Å². The van der Waals surface area contributed by atoms with E-state index in [0.29, 0.717) is 0 Å². The molecule has 0 atom stereocenters. The van der Waals surface area contributed by atoms with Gasteiger partial charge in [-0.1, -0.05) is 0 Å². The Kier molecular flexibility index (Phi) is 1.74. The van der Waals surface area contributed by atoms with Crippen molar-refractivity contribution in [1.29, 1.82) is 0 Å². The highest BCUT2D eigenvalue weighted by Crippen LogP contribution is 2.28. The van der Waals surface area contributed by atoms with Crippen LogP contribution in [-0.4, -0.2) is 11.0 Å². The zero-order valence-corrected chi connectivity index (χ0v) is 8.90. The molecule has 1 aliphatic carbocycles. The maximum atomic E-state index is 4.44. The molecular formula is C11H12N2S. The monoisotopic (exact) mass is 204 g/mol. The van der Waals surface area contributed by atoms with Gasteiger partial charge < -0.3 is 5.32 Å². The Morgan fingerprint density at radius 1 is 1.43 bits per heavy atom. The molecule has 0 spiro atoms. The number of nitrogens with one attached hydrogen (secondary N) is 1. The minimum absolute atomic E-state index is 0.724. The number of benzene rings is 1. The van der Waals surface area contributed by atoms with Crippen LogP contribution in [0.5, 0.6) is 0 Å². The van der Waals surface area contributed by atoms with Crippen molar-refractivity contribution < 1.29 is 0 Å². The predicted molar refractivity (Wildman–Crippen MR) is 61.0 cm³/mol. The van der Waals surface area contributed by atoms with Crippen molar-refractivity contribution in [1.82, 2.24) is 4.98 Å². The Morgan fingerprint density at radius 2 is 2.29 bits per heavy atom. The normalized spacial score (nSPS) is 16.1. The van der Waals surface area contributed by atoms with Gasteiger partial charge in [-0.2, -0.15) is 0 Å². The molecular weight excluding hydrogens is 192 g/mol. The van der Waals surface area contributed by atoms with Gasteiger partial charge in [0.25, 0.3) is 0 Å². The average Bonchev–Trinajstić information content (AvgIpc) is 2.86. The minimum Gasteiger partial charge on any atom is -0.382 e. The molecule has 2 aromatic rings. The summed E-state index contributed by atoms with van der Waals surface area (Å²) < 4.78 is 1.29. The molecule has 1 fully saturated rings. The lowest BCUT2D eigenvalue weighted by Gasteiger charge is -2.02. The number of thiazole rings is 1. The number of nitrogens with zero attached hydrogens (tertiary/aromatic N) is 1. The van der Waals surface area contributed by atoms with Crippen molar-refractivity contribution in [3.05, 3.63) is 23.2 Å². The van der Waals surface area contributed by atoms with Crippen molar-refractivity contribution in [2.45, 2.75) is 25.8 Å². The standard InChI is InChI=1S/C11H12N2S/c1-7-12-10-5-4-9(6-11(10)14-7)13-8-2-3-8/h4-6,8,13H,2-3H2,1H3. The fourth-order valence-corrected chi connectivity index (χ4v) is 2.46. The summed E-state index contributed by atoms with van der Waals surface area (Å²) >= 11 is 1.76. The van der Waals surface area contributed by atoms with Crippen LogP contribution in [-0.2, 0) is 0 Å². The van der Waals surface area contributed by atoms with E-state index in [1.807, 2.05) is 0 Å². The molecule has 0 unspecified atom stereocenters. The van der Waals surface area contributed by atoms with E-state index in [0.717, 1.165) is 16.6 Å². The number of aromatic nitrogens is 1. The highest BCUT2D eigenvalue weighted by Gasteiger charge is 2.20. The van der Waals surface area contributed by atoms with Crippen molar-refractivity contribution in [2.75, 3.05) is 5.32 Å². The molecule has 3 heteroatoms. The van der Waals surface area contributed by atoms with Crippen molar-refractivity contribution in [3.8, 4) is 0 Å². The molecule has 14 heavy (non-hydrogen) atoms. The van der Waals surface area contributed by atoms with Crippen LogP contribution >= 0.6 is 11.3 Å². The molecule has 2 nitrogen and oxygen atoms in total. The first-order valence-electron chi connectivity index (χ1n) is 4.95. The lowest BCUT2D eigenvalue weighted by molar-refractivity contribution is 1.16. The quantitative estimate of drug-likeness (QED) is 0.812. The Morgan fingerprint density at radius 3 is 3.07 bits per heavy atom. The summed E-state index contributed by atoms with van der Waals surface area (Å²) in [6.07, 6.45) is 2.64. The first kappa shape index (κ1) is 8.24. The summed E-state index contributed by atoms with van der Waals surface area (Å²) in [4.78, 5) is 4.44. The molecule has 0 radical (unpaired) electrons. The Bertz CT molecular complexity index is 471. The van der Waals surface area contributed by atoms with Gasteiger partial charge in [0, 0.05) is 11.7 Å². The second-order valence-corrected chi connectivity index (χ2v) is 5.07. The second-order valence-electron chi connectivity index (χ2n) is 3.83. The van der Waals surface area contributed by atoms with E-state index in [1.165, 1.54) is 23.2 Å². The van der Waals surface area contributed by atoms with Crippen LogP contribution < -0.4 is 5.32 Å². The van der Waals surface area contributed by atoms with Crippen LogP contribution in [0.15, 0.2) is 18.2 Å². The number of hydrogen-bond donors (Lipinski definition) is 1. The van der Waals surface area contributed by atoms with Crippen molar-refractivity contribution >= 4 is 27.2 Å². The third kappa shape index (κ3) is 1.48. The van der Waals surface area contributed by atoms with E-state index in [2.05, 4.69) is 35.4 Å². The van der Waals surface area contributed by atoms with Gasteiger partial charge >= 0.3 is 0 Å². The number of hydrogen-bond acceptors (Lipinski definition) is 3. The van der Waals surface area contributed by atoms with E-state index in [-0.39, 0.29) is 0 Å². The molecule has 0 aliphatic heterocycles. The van der Waals surface area contributed by atoms with E-state index < -0.39 is 0 Å². The lowest BCUT2D eigenvalue weighted by Crippen LogP contribution is -1.99. The van der Waals surface area contributed by atoms with Gasteiger partial charge in [-0.25, -0.2) is 4.98 Å². The van der Waals surface area contributed by atoms with Gasteiger partial charge in [-0.05, 0) is 38.0 Å². The highest BCUT2D eigenvalue weighted by atomic mass is 32.1. The highest BCUT2D eigenvalue weighted by molar-refractivity contribution is 7.18. The van der Waals surface area contributed by atoms with Gasteiger partial charge in [0.2, 0.25) is 0 Å². The molecule has 1 saturated carbocycles. The average molecular weight is 204 g/mol. The molecule has 3 rings (SSSR count). The Balaban J connectivity index is 2.00. The van der Waals surface area contributed by atoms with Crippen LogP contribution in [0.1, 0.15) is 17.8 Å². The van der Waals surface area contributed by atoms with Crippen molar-refractivity contribution in [2.24, 2.45) is 0 Å². The summed E-state index contributed by atoms with van der Waals surface area (Å²) in [6.45, 7) is 2.05. The molecule has 1 N–H and O–H groups in total. The third-order valence-electron chi connectivity index (χ3n) is 2.44. The molecule has 1 heterocycles. The van der Waals surface area contributed by atoms with Gasteiger partial charge in [-0.15, -0.1) is 11.3 Å². The fourth-order valence-electron chi connectivity index (χ4n) is 1.59. The summed E-state index contributed by atoms with van der Waals surface area (Å²) in [5, 5.41) is 4.64. The summed E-state index contributed by atoms with van der Waals surface area (Å²) in [5.41, 5.74) is 2.36. The molecule has 1 aromatic carbocycles. The maximum absolute atomic E-state index is 4.44. The summed E-state index contributed by atoms with van der Waals surface area (Å²) in [7, 11) is 0. The van der Waals surface area contributed by atoms with E-state index in [4.69, 9.17) is 0 Å². The maximum Gasteiger partial charge on any atom is 0.0907 e. The lowest BCUT2D eigenvalue weighted by atomic mass is 10.3. The topological polar surface area (TPSA) is 24.9 Å². The third-order valence-corrected chi connectivity index (χ3v) is 3.38. The minimum atomic E-state index is 0.724. The molecule has 0 amide bonds. The number of anilines is 1. The summed E-state index contributed by atoms with van der Waals surface area (Å²) in [5.74, 6) is 0. The van der Waals surface area contributed by atoms with Gasteiger partial charge in [-0.3, -0.25) is 0 Å². The predicted octanol–water partition coefficient (Wildman–Crippen LogP) is 3.18. The molecule has 0 saturated heterocycles. The number of rotatable bonds is 2.